The molecule has 1 heterocycles. The number of nitrogens with zero attached hydrogens (tertiary/aromatic N) is 1. The van der Waals surface area contributed by atoms with Crippen molar-refractivity contribution < 1.29 is 4.79 Å². The van der Waals surface area contributed by atoms with E-state index in [1.165, 1.54) is 11.1 Å². The van der Waals surface area contributed by atoms with Crippen molar-refractivity contribution >= 4 is 33.2 Å². The largest absolute Gasteiger partial charge is 0.381 e. The summed E-state index contributed by atoms with van der Waals surface area (Å²) in [6.45, 7) is 2.78. The molecule has 1 aromatic heterocycles. The summed E-state index contributed by atoms with van der Waals surface area (Å²) < 4.78 is 0.831. The van der Waals surface area contributed by atoms with Crippen molar-refractivity contribution in [3.63, 3.8) is 0 Å². The maximum absolute atomic E-state index is 12.4. The van der Waals surface area contributed by atoms with Crippen LogP contribution in [0.4, 0.5) is 11.4 Å². The summed E-state index contributed by atoms with van der Waals surface area (Å²) in [5.74, 6) is -0.244. The second kappa shape index (κ2) is 7.94. The summed E-state index contributed by atoms with van der Waals surface area (Å²) in [6.07, 6.45) is 1.63. The van der Waals surface area contributed by atoms with E-state index in [0.717, 1.165) is 10.2 Å². The lowest BCUT2D eigenvalue weighted by atomic mass is 10.1. The molecular formula is C20H18BrN3O. The predicted octanol–water partition coefficient (Wildman–Crippen LogP) is 5.02. The standard InChI is InChI=1S/C20H18BrN3O/c1-14-6-2-3-7-15(14)13-23-16-10-11-22-19(12-16)20(25)24-18-9-5-4-8-17(18)21/h2-12H,13H2,1H3,(H,22,23)(H,24,25). The van der Waals surface area contributed by atoms with Crippen LogP contribution in [0.25, 0.3) is 0 Å². The van der Waals surface area contributed by atoms with Gasteiger partial charge in [0.1, 0.15) is 5.69 Å². The van der Waals surface area contributed by atoms with Crippen LogP contribution in [-0.2, 0) is 6.54 Å². The number of anilines is 2. The zero-order chi connectivity index (χ0) is 17.6. The van der Waals surface area contributed by atoms with Gasteiger partial charge in [0.25, 0.3) is 5.91 Å². The van der Waals surface area contributed by atoms with Gasteiger partial charge in [-0.3, -0.25) is 9.78 Å². The Hall–Kier alpha value is -2.66. The Morgan fingerprint density at radius 1 is 1.08 bits per heavy atom. The van der Waals surface area contributed by atoms with E-state index < -0.39 is 0 Å². The molecule has 0 aliphatic carbocycles. The normalized spacial score (nSPS) is 10.3. The summed E-state index contributed by atoms with van der Waals surface area (Å²) >= 11 is 3.42. The number of carbonyl (C=O) groups is 1. The summed E-state index contributed by atoms with van der Waals surface area (Å²) in [7, 11) is 0. The molecule has 0 bridgehead atoms. The first-order valence-corrected chi connectivity index (χ1v) is 8.73. The van der Waals surface area contributed by atoms with Crippen molar-refractivity contribution in [1.82, 2.24) is 4.98 Å². The SMILES string of the molecule is Cc1ccccc1CNc1ccnc(C(=O)Nc2ccccc2Br)c1. The Kier molecular flexibility index (Phi) is 5.46. The van der Waals surface area contributed by atoms with E-state index in [-0.39, 0.29) is 5.91 Å². The van der Waals surface area contributed by atoms with E-state index in [2.05, 4.69) is 50.6 Å². The van der Waals surface area contributed by atoms with E-state index in [9.17, 15) is 4.79 Å². The molecular weight excluding hydrogens is 378 g/mol. The number of nitrogens with one attached hydrogen (secondary N) is 2. The van der Waals surface area contributed by atoms with Gasteiger partial charge in [0.15, 0.2) is 0 Å². The number of aryl methyl sites for hydroxylation is 1. The molecule has 3 aromatic rings. The number of hydrogen-bond donors (Lipinski definition) is 2. The molecule has 0 atom stereocenters. The average molecular weight is 396 g/mol. The van der Waals surface area contributed by atoms with E-state index in [1.807, 2.05) is 42.5 Å². The van der Waals surface area contributed by atoms with Crippen LogP contribution in [0.2, 0.25) is 0 Å². The number of aromatic nitrogens is 1. The van der Waals surface area contributed by atoms with E-state index >= 15 is 0 Å². The van der Waals surface area contributed by atoms with Crippen LogP contribution in [0.5, 0.6) is 0 Å². The van der Waals surface area contributed by atoms with Gasteiger partial charge in [0, 0.05) is 22.9 Å². The summed E-state index contributed by atoms with van der Waals surface area (Å²) in [5.41, 5.74) is 4.39. The molecule has 2 N–H and O–H groups in total. The minimum absolute atomic E-state index is 0.244. The fraction of sp³-hybridized carbons (Fsp3) is 0.100. The fourth-order valence-electron chi connectivity index (χ4n) is 2.42. The number of halogens is 1. The topological polar surface area (TPSA) is 54.0 Å². The molecule has 5 heteroatoms. The van der Waals surface area contributed by atoms with Crippen LogP contribution in [0, 0.1) is 6.92 Å². The zero-order valence-electron chi connectivity index (χ0n) is 13.8. The average Bonchev–Trinajstić information content (AvgIpc) is 2.63. The molecule has 126 valence electrons. The lowest BCUT2D eigenvalue weighted by Crippen LogP contribution is -2.14. The third-order valence-electron chi connectivity index (χ3n) is 3.86. The highest BCUT2D eigenvalue weighted by Crippen LogP contribution is 2.22. The Balaban J connectivity index is 1.70. The number of amides is 1. The van der Waals surface area contributed by atoms with Crippen LogP contribution in [-0.4, -0.2) is 10.9 Å². The molecule has 0 unspecified atom stereocenters. The maximum Gasteiger partial charge on any atom is 0.274 e. The molecule has 0 radical (unpaired) electrons. The van der Waals surface area contributed by atoms with Crippen LogP contribution in [0.1, 0.15) is 21.6 Å². The molecule has 0 aliphatic heterocycles. The summed E-state index contributed by atoms with van der Waals surface area (Å²) in [6, 6.07) is 19.3. The highest BCUT2D eigenvalue weighted by molar-refractivity contribution is 9.10. The number of pyridine rings is 1. The number of hydrogen-bond acceptors (Lipinski definition) is 3. The molecule has 0 spiro atoms. The molecule has 1 amide bonds. The van der Waals surface area contributed by atoms with E-state index in [0.29, 0.717) is 17.9 Å². The Morgan fingerprint density at radius 2 is 1.84 bits per heavy atom. The van der Waals surface area contributed by atoms with Crippen LogP contribution < -0.4 is 10.6 Å². The lowest BCUT2D eigenvalue weighted by Gasteiger charge is -2.10. The Labute approximate surface area is 155 Å². The van der Waals surface area contributed by atoms with E-state index in [4.69, 9.17) is 0 Å². The first-order chi connectivity index (χ1) is 12.1. The second-order valence-electron chi connectivity index (χ2n) is 5.64. The zero-order valence-corrected chi connectivity index (χ0v) is 15.4. The molecule has 0 saturated heterocycles. The first kappa shape index (κ1) is 17.2. The highest BCUT2D eigenvalue weighted by atomic mass is 79.9. The molecule has 4 nitrogen and oxygen atoms in total. The monoisotopic (exact) mass is 395 g/mol. The first-order valence-electron chi connectivity index (χ1n) is 7.94. The number of carbonyl (C=O) groups excluding carboxylic acids is 1. The van der Waals surface area contributed by atoms with Crippen molar-refractivity contribution in [2.75, 3.05) is 10.6 Å². The van der Waals surface area contributed by atoms with Crippen molar-refractivity contribution in [3.8, 4) is 0 Å². The lowest BCUT2D eigenvalue weighted by molar-refractivity contribution is 0.102. The molecule has 2 aromatic carbocycles. The van der Waals surface area contributed by atoms with Crippen molar-refractivity contribution in [3.05, 3.63) is 88.2 Å². The van der Waals surface area contributed by atoms with Gasteiger partial charge in [0.2, 0.25) is 0 Å². The number of para-hydroxylation sites is 1. The van der Waals surface area contributed by atoms with Crippen molar-refractivity contribution in [2.45, 2.75) is 13.5 Å². The Morgan fingerprint density at radius 3 is 2.64 bits per heavy atom. The molecule has 0 fully saturated rings. The fourth-order valence-corrected chi connectivity index (χ4v) is 2.80. The second-order valence-corrected chi connectivity index (χ2v) is 6.50. The quantitative estimate of drug-likeness (QED) is 0.637. The molecule has 0 saturated carbocycles. The van der Waals surface area contributed by atoms with Crippen molar-refractivity contribution in [2.24, 2.45) is 0 Å². The van der Waals surface area contributed by atoms with Gasteiger partial charge >= 0.3 is 0 Å². The summed E-state index contributed by atoms with van der Waals surface area (Å²) in [5, 5.41) is 6.20. The van der Waals surface area contributed by atoms with Crippen molar-refractivity contribution in [1.29, 1.82) is 0 Å². The molecule has 25 heavy (non-hydrogen) atoms. The Bertz CT molecular complexity index is 895. The third kappa shape index (κ3) is 4.45. The van der Waals surface area contributed by atoms with Gasteiger partial charge in [-0.2, -0.15) is 0 Å². The minimum Gasteiger partial charge on any atom is -0.381 e. The van der Waals surface area contributed by atoms with Crippen LogP contribution >= 0.6 is 15.9 Å². The number of rotatable bonds is 5. The van der Waals surface area contributed by atoms with Crippen LogP contribution in [0.15, 0.2) is 71.3 Å². The number of benzene rings is 2. The van der Waals surface area contributed by atoms with Gasteiger partial charge in [0.05, 0.1) is 5.69 Å². The van der Waals surface area contributed by atoms with E-state index in [1.54, 1.807) is 12.3 Å². The van der Waals surface area contributed by atoms with Crippen LogP contribution in [0.3, 0.4) is 0 Å². The van der Waals surface area contributed by atoms with Gasteiger partial charge < -0.3 is 10.6 Å². The minimum atomic E-state index is -0.244. The van der Waals surface area contributed by atoms with Gasteiger partial charge in [-0.15, -0.1) is 0 Å². The molecule has 3 rings (SSSR count). The smallest absolute Gasteiger partial charge is 0.274 e. The highest BCUT2D eigenvalue weighted by Gasteiger charge is 2.10. The van der Waals surface area contributed by atoms with Gasteiger partial charge in [-0.1, -0.05) is 36.4 Å². The van der Waals surface area contributed by atoms with Gasteiger partial charge in [-0.05, 0) is 58.2 Å². The maximum atomic E-state index is 12.4. The summed E-state index contributed by atoms with van der Waals surface area (Å²) in [4.78, 5) is 16.6. The predicted molar refractivity (Wildman–Crippen MR) is 105 cm³/mol. The van der Waals surface area contributed by atoms with Gasteiger partial charge in [-0.25, -0.2) is 0 Å². The molecule has 0 aliphatic rings. The third-order valence-corrected chi connectivity index (χ3v) is 4.55.